The molecule has 0 bridgehead atoms. The third kappa shape index (κ3) is 10.6. The fraction of sp³-hybridized carbons (Fsp3) is 0.421. The van der Waals surface area contributed by atoms with Crippen molar-refractivity contribution >= 4 is 3.81 Å². The molecule has 119 valence electrons. The van der Waals surface area contributed by atoms with Gasteiger partial charge in [0.2, 0.25) is 0 Å². The van der Waals surface area contributed by atoms with Crippen molar-refractivity contribution in [3.8, 4) is 11.5 Å². The van der Waals surface area contributed by atoms with Crippen molar-refractivity contribution in [3.63, 3.8) is 0 Å². The first-order valence-corrected chi connectivity index (χ1v) is 8.07. The molecule has 2 rings (SSSR count). The van der Waals surface area contributed by atoms with E-state index >= 15 is 0 Å². The van der Waals surface area contributed by atoms with Crippen molar-refractivity contribution in [1.29, 1.82) is 0 Å². The van der Waals surface area contributed by atoms with Crippen molar-refractivity contribution in [2.75, 3.05) is 7.11 Å². The Balaban J connectivity index is 0.000000400. The predicted molar refractivity (Wildman–Crippen MR) is 91.3 cm³/mol. The zero-order valence-corrected chi connectivity index (χ0v) is 16.1. The molecular formula is C19H27O2Ti. The number of phenols is 1. The van der Waals surface area contributed by atoms with Crippen LogP contribution in [0.1, 0.15) is 46.6 Å². The summed E-state index contributed by atoms with van der Waals surface area (Å²) in [6, 6.07) is 5.32. The van der Waals surface area contributed by atoms with Crippen LogP contribution in [0.2, 0.25) is 0 Å². The average molecular weight is 335 g/mol. The Kier molecular flexibility index (Phi) is 10.0. The summed E-state index contributed by atoms with van der Waals surface area (Å²) in [5.74, 6) is 0.953. The van der Waals surface area contributed by atoms with E-state index < -0.39 is 0 Å². The first-order chi connectivity index (χ1) is 10.2. The van der Waals surface area contributed by atoms with Crippen LogP contribution in [-0.2, 0) is 25.4 Å². The summed E-state index contributed by atoms with van der Waals surface area (Å²) < 4.78 is 6.49. The van der Waals surface area contributed by atoms with E-state index in [1.54, 1.807) is 19.2 Å². The average Bonchev–Trinajstić information content (AvgIpc) is 2.95. The van der Waals surface area contributed by atoms with Gasteiger partial charge in [0.15, 0.2) is 0 Å². The summed E-state index contributed by atoms with van der Waals surface area (Å²) in [4.78, 5) is 0. The van der Waals surface area contributed by atoms with Crippen LogP contribution in [0, 0.1) is 6.08 Å². The van der Waals surface area contributed by atoms with E-state index in [2.05, 4.69) is 66.7 Å². The smallest absolute Gasteiger partial charge is 0.109 e. The summed E-state index contributed by atoms with van der Waals surface area (Å²) >= 11 is 2.08. The zero-order chi connectivity index (χ0) is 17.2. The number of ether oxygens (including phenoxy) is 1. The Morgan fingerprint density at radius 1 is 1.23 bits per heavy atom. The van der Waals surface area contributed by atoms with E-state index in [0.717, 1.165) is 12.0 Å². The number of hydrogen-bond donors (Lipinski definition) is 1. The van der Waals surface area contributed by atoms with Gasteiger partial charge in [-0.3, -0.25) is 6.08 Å². The van der Waals surface area contributed by atoms with Gasteiger partial charge in [0.25, 0.3) is 0 Å². The van der Waals surface area contributed by atoms with Crippen LogP contribution in [0.4, 0.5) is 0 Å². The van der Waals surface area contributed by atoms with Gasteiger partial charge < -0.3 is 9.84 Å². The topological polar surface area (TPSA) is 29.5 Å². The predicted octanol–water partition coefficient (Wildman–Crippen LogP) is 4.75. The number of phenolic OH excluding ortho intramolecular Hbond substituents is 1. The molecule has 0 aliphatic heterocycles. The standard InChI is InChI=1S/C11H16O2.C5H5.C3H6.Ti/c1-11(2,3)8-5-9(12)7-10(6-8)13-4;1-2-4-5-3-1;1-3-2;/h5-7,12H,1-4H3;1-3H,4H2;1-2H3;/q;-1;;+1. The molecule has 0 saturated carbocycles. The SMILES string of the molecule is COc1cc(O)cc(C(C)(C)C)c1.C[C](C)=[Ti+].[C-]1=CC=CC1. The minimum atomic E-state index is 0.0338. The van der Waals surface area contributed by atoms with Gasteiger partial charge in [0.1, 0.15) is 11.5 Å². The number of allylic oxidation sites excluding steroid dienone is 4. The maximum absolute atomic E-state index is 9.41. The van der Waals surface area contributed by atoms with E-state index in [4.69, 9.17) is 4.74 Å². The van der Waals surface area contributed by atoms with E-state index in [9.17, 15) is 5.11 Å². The Hall–Kier alpha value is -1.12. The molecule has 0 radical (unpaired) electrons. The van der Waals surface area contributed by atoms with Crippen LogP contribution < -0.4 is 4.74 Å². The van der Waals surface area contributed by atoms with Crippen LogP contribution in [0.5, 0.6) is 11.5 Å². The molecule has 22 heavy (non-hydrogen) atoms. The van der Waals surface area contributed by atoms with E-state index in [-0.39, 0.29) is 11.2 Å². The van der Waals surface area contributed by atoms with Gasteiger partial charge in [0, 0.05) is 6.07 Å². The van der Waals surface area contributed by atoms with Gasteiger partial charge >= 0.3 is 37.6 Å². The number of rotatable bonds is 1. The summed E-state index contributed by atoms with van der Waals surface area (Å²) in [7, 11) is 1.60. The fourth-order valence-corrected chi connectivity index (χ4v) is 1.47. The minimum Gasteiger partial charge on any atom is -0.273 e. The Morgan fingerprint density at radius 3 is 2.14 bits per heavy atom. The molecule has 3 heteroatoms. The second kappa shape index (κ2) is 10.6. The summed E-state index contributed by atoms with van der Waals surface area (Å²) in [6.07, 6.45) is 10.0. The largest absolute Gasteiger partial charge is 0.273 e. The number of benzene rings is 1. The summed E-state index contributed by atoms with van der Waals surface area (Å²) in [5, 5.41) is 9.41. The molecule has 1 aliphatic rings. The molecule has 1 aliphatic carbocycles. The molecule has 2 nitrogen and oxygen atoms in total. The van der Waals surface area contributed by atoms with Gasteiger partial charge in [-0.25, -0.2) is 12.2 Å². The second-order valence-electron chi connectivity index (χ2n) is 6.17. The van der Waals surface area contributed by atoms with Crippen molar-refractivity contribution in [3.05, 3.63) is 48.1 Å². The van der Waals surface area contributed by atoms with Crippen molar-refractivity contribution < 1.29 is 29.8 Å². The van der Waals surface area contributed by atoms with E-state index in [0.29, 0.717) is 5.75 Å². The zero-order valence-electron chi connectivity index (χ0n) is 14.5. The maximum Gasteiger partial charge on any atom is -0.109 e. The molecule has 1 aromatic carbocycles. The van der Waals surface area contributed by atoms with E-state index in [1.165, 1.54) is 3.81 Å². The van der Waals surface area contributed by atoms with Crippen molar-refractivity contribution in [2.45, 2.75) is 46.5 Å². The number of methoxy groups -OCH3 is 1. The molecule has 0 spiro atoms. The Labute approximate surface area is 146 Å². The third-order valence-corrected chi connectivity index (χ3v) is 2.58. The van der Waals surface area contributed by atoms with Crippen LogP contribution in [0.15, 0.2) is 36.4 Å². The molecule has 0 saturated heterocycles. The normalized spacial score (nSPS) is 12.0. The molecular weight excluding hydrogens is 308 g/mol. The van der Waals surface area contributed by atoms with Gasteiger partial charge in [-0.2, -0.15) is 6.08 Å². The van der Waals surface area contributed by atoms with Crippen molar-refractivity contribution in [1.82, 2.24) is 0 Å². The van der Waals surface area contributed by atoms with Gasteiger partial charge in [-0.05, 0) is 23.1 Å². The van der Waals surface area contributed by atoms with Gasteiger partial charge in [-0.1, -0.05) is 20.8 Å². The molecule has 0 atom stereocenters. The molecule has 0 amide bonds. The van der Waals surface area contributed by atoms with Crippen LogP contribution in [-0.4, -0.2) is 16.0 Å². The van der Waals surface area contributed by atoms with Crippen LogP contribution in [0.25, 0.3) is 0 Å². The van der Waals surface area contributed by atoms with Crippen molar-refractivity contribution in [2.24, 2.45) is 0 Å². The van der Waals surface area contributed by atoms with E-state index in [1.807, 2.05) is 18.2 Å². The first kappa shape index (κ1) is 20.9. The molecule has 0 heterocycles. The number of aromatic hydroxyl groups is 1. The summed E-state index contributed by atoms with van der Waals surface area (Å²) in [5.41, 5.74) is 1.11. The third-order valence-electron chi connectivity index (χ3n) is 2.58. The Morgan fingerprint density at radius 2 is 1.82 bits per heavy atom. The molecule has 1 aromatic rings. The van der Waals surface area contributed by atoms with Gasteiger partial charge in [-0.15, -0.1) is 6.42 Å². The minimum absolute atomic E-state index is 0.0338. The summed E-state index contributed by atoms with van der Waals surface area (Å²) in [6.45, 7) is 10.5. The first-order valence-electron chi connectivity index (χ1n) is 7.29. The quantitative estimate of drug-likeness (QED) is 0.593. The fourth-order valence-electron chi connectivity index (χ4n) is 1.47. The maximum atomic E-state index is 9.41. The molecule has 1 N–H and O–H groups in total. The second-order valence-corrected chi connectivity index (χ2v) is 7.73. The van der Waals surface area contributed by atoms with Gasteiger partial charge in [0.05, 0.1) is 7.11 Å². The molecule has 0 aromatic heterocycles. The molecule has 0 unspecified atom stereocenters. The Bertz CT molecular complexity index is 509. The molecule has 0 fully saturated rings. The number of hydrogen-bond acceptors (Lipinski definition) is 2. The van der Waals surface area contributed by atoms with Crippen LogP contribution >= 0.6 is 0 Å². The monoisotopic (exact) mass is 335 g/mol. The van der Waals surface area contributed by atoms with Crippen LogP contribution in [0.3, 0.4) is 0 Å².